The predicted molar refractivity (Wildman–Crippen MR) is 80.8 cm³/mol. The molecular weight excluding hydrogens is 324 g/mol. The highest BCUT2D eigenvalue weighted by atomic mass is 79.9. The van der Waals surface area contributed by atoms with Crippen molar-refractivity contribution in [3.05, 3.63) is 32.8 Å². The maximum Gasteiger partial charge on any atom is 0.312 e. The molecule has 0 radical (unpaired) electrons. The van der Waals surface area contributed by atoms with Crippen LogP contribution in [0.5, 0.6) is 5.75 Å². The number of nitro groups is 1. The van der Waals surface area contributed by atoms with E-state index in [9.17, 15) is 10.1 Å². The predicted octanol–water partition coefficient (Wildman–Crippen LogP) is 3.50. The summed E-state index contributed by atoms with van der Waals surface area (Å²) in [7, 11) is 0. The average Bonchev–Trinajstić information content (AvgIpc) is 2.46. The van der Waals surface area contributed by atoms with Crippen LogP contribution in [-0.2, 0) is 0 Å². The van der Waals surface area contributed by atoms with E-state index in [1.165, 1.54) is 18.9 Å². The molecule has 5 nitrogen and oxygen atoms in total. The van der Waals surface area contributed by atoms with E-state index < -0.39 is 4.92 Å². The highest BCUT2D eigenvalue weighted by molar-refractivity contribution is 9.10. The number of nitro benzene ring substituents is 1. The molecule has 0 heterocycles. The molecule has 1 saturated carbocycles. The first-order valence-corrected chi connectivity index (χ1v) is 7.68. The van der Waals surface area contributed by atoms with Gasteiger partial charge in [0.15, 0.2) is 5.75 Å². The summed E-state index contributed by atoms with van der Waals surface area (Å²) in [5.74, 6) is 1.20. The molecule has 1 aliphatic rings. The zero-order valence-electron chi connectivity index (χ0n) is 11.3. The summed E-state index contributed by atoms with van der Waals surface area (Å²) in [4.78, 5) is 10.6. The SMILES string of the molecule is NCC1CCCCC1COc1ccc(Br)cc1[N+](=O)[O-]. The van der Waals surface area contributed by atoms with Crippen molar-refractivity contribution in [2.24, 2.45) is 17.6 Å². The standard InChI is InChI=1S/C14H19BrN2O3/c15-12-5-6-14(13(7-12)17(18)19)20-9-11-4-2-1-3-10(11)8-16/h5-7,10-11H,1-4,8-9,16H2. The van der Waals surface area contributed by atoms with Gasteiger partial charge < -0.3 is 10.5 Å². The van der Waals surface area contributed by atoms with Gasteiger partial charge in [-0.2, -0.15) is 0 Å². The van der Waals surface area contributed by atoms with E-state index in [1.54, 1.807) is 12.1 Å². The number of benzene rings is 1. The van der Waals surface area contributed by atoms with Gasteiger partial charge in [-0.05, 0) is 43.4 Å². The molecule has 0 bridgehead atoms. The van der Waals surface area contributed by atoms with Crippen LogP contribution >= 0.6 is 15.9 Å². The lowest BCUT2D eigenvalue weighted by Gasteiger charge is -2.30. The summed E-state index contributed by atoms with van der Waals surface area (Å²) in [5, 5.41) is 11.0. The van der Waals surface area contributed by atoms with Gasteiger partial charge in [-0.15, -0.1) is 0 Å². The number of rotatable bonds is 5. The van der Waals surface area contributed by atoms with E-state index in [2.05, 4.69) is 15.9 Å². The van der Waals surface area contributed by atoms with Crippen LogP contribution in [-0.4, -0.2) is 18.1 Å². The molecule has 0 aliphatic heterocycles. The lowest BCUT2D eigenvalue weighted by atomic mass is 9.80. The average molecular weight is 343 g/mol. The molecule has 2 rings (SSSR count). The molecule has 1 aromatic carbocycles. The van der Waals surface area contributed by atoms with Crippen LogP contribution in [0, 0.1) is 22.0 Å². The molecule has 6 heteroatoms. The summed E-state index contributed by atoms with van der Waals surface area (Å²) < 4.78 is 6.38. The van der Waals surface area contributed by atoms with Gasteiger partial charge in [0, 0.05) is 10.5 Å². The number of hydrogen-bond acceptors (Lipinski definition) is 4. The minimum absolute atomic E-state index is 0.000479. The molecule has 0 spiro atoms. The second-order valence-electron chi connectivity index (χ2n) is 5.22. The Kier molecular flexibility index (Phi) is 5.37. The van der Waals surface area contributed by atoms with Gasteiger partial charge in [0.2, 0.25) is 0 Å². The Hall–Kier alpha value is -1.14. The summed E-state index contributed by atoms with van der Waals surface area (Å²) in [6.07, 6.45) is 4.63. The Labute approximate surface area is 126 Å². The second kappa shape index (κ2) is 7.04. The Balaban J connectivity index is 2.04. The van der Waals surface area contributed by atoms with Gasteiger partial charge >= 0.3 is 5.69 Å². The largest absolute Gasteiger partial charge is 0.487 e. The highest BCUT2D eigenvalue weighted by Crippen LogP contribution is 2.33. The summed E-state index contributed by atoms with van der Waals surface area (Å²) >= 11 is 3.24. The van der Waals surface area contributed by atoms with E-state index in [1.807, 2.05) is 0 Å². The van der Waals surface area contributed by atoms with Crippen molar-refractivity contribution in [1.82, 2.24) is 0 Å². The quantitative estimate of drug-likeness (QED) is 0.656. The second-order valence-corrected chi connectivity index (χ2v) is 6.14. The Morgan fingerprint density at radius 1 is 1.35 bits per heavy atom. The molecule has 2 N–H and O–H groups in total. The molecule has 110 valence electrons. The van der Waals surface area contributed by atoms with Gasteiger partial charge in [0.25, 0.3) is 0 Å². The van der Waals surface area contributed by atoms with Gasteiger partial charge in [0.1, 0.15) is 0 Å². The third-order valence-electron chi connectivity index (χ3n) is 3.94. The van der Waals surface area contributed by atoms with Gasteiger partial charge in [0.05, 0.1) is 11.5 Å². The van der Waals surface area contributed by atoms with Gasteiger partial charge in [-0.25, -0.2) is 0 Å². The van der Waals surface area contributed by atoms with Crippen molar-refractivity contribution in [1.29, 1.82) is 0 Å². The number of nitrogens with zero attached hydrogens (tertiary/aromatic N) is 1. The van der Waals surface area contributed by atoms with Crippen LogP contribution in [0.4, 0.5) is 5.69 Å². The molecule has 20 heavy (non-hydrogen) atoms. The van der Waals surface area contributed by atoms with Crippen LogP contribution < -0.4 is 10.5 Å². The number of halogens is 1. The van der Waals surface area contributed by atoms with Gasteiger partial charge in [-0.1, -0.05) is 28.8 Å². The maximum atomic E-state index is 11.0. The fourth-order valence-corrected chi connectivity index (χ4v) is 3.12. The minimum atomic E-state index is -0.415. The van der Waals surface area contributed by atoms with Crippen LogP contribution in [0.25, 0.3) is 0 Å². The summed E-state index contributed by atoms with van der Waals surface area (Å²) in [6.45, 7) is 1.17. The molecule has 1 aromatic rings. The van der Waals surface area contributed by atoms with Crippen LogP contribution in [0.1, 0.15) is 25.7 Å². The van der Waals surface area contributed by atoms with Crippen molar-refractivity contribution < 1.29 is 9.66 Å². The summed E-state index contributed by atoms with van der Waals surface area (Å²) in [6, 6.07) is 4.86. The van der Waals surface area contributed by atoms with E-state index in [-0.39, 0.29) is 5.69 Å². The molecule has 2 atom stereocenters. The monoisotopic (exact) mass is 342 g/mol. The first kappa shape index (κ1) is 15.3. The molecule has 1 aliphatic carbocycles. The number of hydrogen-bond donors (Lipinski definition) is 1. The van der Waals surface area contributed by atoms with Crippen molar-refractivity contribution >= 4 is 21.6 Å². The minimum Gasteiger partial charge on any atom is -0.487 e. The third kappa shape index (κ3) is 3.70. The smallest absolute Gasteiger partial charge is 0.312 e. The van der Waals surface area contributed by atoms with Gasteiger partial charge in [-0.3, -0.25) is 10.1 Å². The molecule has 0 aromatic heterocycles. The lowest BCUT2D eigenvalue weighted by Crippen LogP contribution is -2.30. The van der Waals surface area contributed by atoms with Crippen LogP contribution in [0.15, 0.2) is 22.7 Å². The van der Waals surface area contributed by atoms with E-state index in [0.29, 0.717) is 35.2 Å². The third-order valence-corrected chi connectivity index (χ3v) is 4.43. The Morgan fingerprint density at radius 2 is 2.05 bits per heavy atom. The molecule has 1 fully saturated rings. The maximum absolute atomic E-state index is 11.0. The van der Waals surface area contributed by atoms with Crippen molar-refractivity contribution in [2.75, 3.05) is 13.2 Å². The van der Waals surface area contributed by atoms with E-state index in [4.69, 9.17) is 10.5 Å². The number of nitrogens with two attached hydrogens (primary N) is 1. The molecule has 0 saturated heterocycles. The zero-order valence-corrected chi connectivity index (χ0v) is 12.8. The lowest BCUT2D eigenvalue weighted by molar-refractivity contribution is -0.386. The fraction of sp³-hybridized carbons (Fsp3) is 0.571. The van der Waals surface area contributed by atoms with Crippen molar-refractivity contribution in [2.45, 2.75) is 25.7 Å². The first-order chi connectivity index (χ1) is 9.61. The first-order valence-electron chi connectivity index (χ1n) is 6.88. The Bertz CT molecular complexity index is 481. The van der Waals surface area contributed by atoms with E-state index >= 15 is 0 Å². The van der Waals surface area contributed by atoms with Crippen LogP contribution in [0.3, 0.4) is 0 Å². The Morgan fingerprint density at radius 3 is 2.70 bits per heavy atom. The van der Waals surface area contributed by atoms with Crippen molar-refractivity contribution in [3.63, 3.8) is 0 Å². The topological polar surface area (TPSA) is 78.4 Å². The highest BCUT2D eigenvalue weighted by Gasteiger charge is 2.25. The molecular formula is C14H19BrN2O3. The van der Waals surface area contributed by atoms with Crippen LogP contribution in [0.2, 0.25) is 0 Å². The normalized spacial score (nSPS) is 22.5. The zero-order chi connectivity index (χ0) is 14.5. The molecule has 0 amide bonds. The molecule has 2 unspecified atom stereocenters. The van der Waals surface area contributed by atoms with E-state index in [0.717, 1.165) is 12.8 Å². The fourth-order valence-electron chi connectivity index (χ4n) is 2.77. The number of ether oxygens (including phenoxy) is 1. The van der Waals surface area contributed by atoms with Crippen molar-refractivity contribution in [3.8, 4) is 5.75 Å². The summed E-state index contributed by atoms with van der Waals surface area (Å²) in [5.41, 5.74) is 5.79.